The molecule has 0 saturated heterocycles. The molecular weight excluding hydrogens is 812 g/mol. The molecule has 0 spiro atoms. The number of hydrogen-bond acceptors (Lipinski definition) is 0. The third-order valence-corrected chi connectivity index (χ3v) is 12.3. The maximum Gasteiger partial charge on any atom is 4.00 e. The van der Waals surface area contributed by atoms with Crippen molar-refractivity contribution in [3.8, 4) is 0 Å². The van der Waals surface area contributed by atoms with Crippen molar-refractivity contribution in [2.45, 2.75) is 0 Å². The number of rotatable bonds is 7. The van der Waals surface area contributed by atoms with Gasteiger partial charge < -0.3 is 34.5 Å². The summed E-state index contributed by atoms with van der Waals surface area (Å²) in [5.41, 5.74) is 0. The van der Waals surface area contributed by atoms with Crippen molar-refractivity contribution >= 4 is 51.6 Å². The predicted molar refractivity (Wildman–Crippen MR) is 207 cm³/mol. The zero-order valence-corrected chi connectivity index (χ0v) is 32.2. The van der Waals surface area contributed by atoms with Crippen LogP contribution in [0.25, 0.3) is 0 Å². The molecule has 0 aliphatic heterocycles. The van der Waals surface area contributed by atoms with Gasteiger partial charge in [-0.3, -0.25) is 0 Å². The molecule has 272 valence electrons. The minimum atomic E-state index is -6.00. The van der Waals surface area contributed by atoms with Crippen molar-refractivity contribution in [3.05, 3.63) is 209 Å². The van der Waals surface area contributed by atoms with Crippen LogP contribution < -0.4 is 21.2 Å². The normalized spacial score (nSPS) is 15.0. The molecule has 0 unspecified atom stereocenters. The van der Waals surface area contributed by atoms with Crippen LogP contribution in [-0.2, 0) is 21.1 Å². The van der Waals surface area contributed by atoms with E-state index >= 15 is 0 Å². The van der Waals surface area contributed by atoms with Crippen LogP contribution in [0.4, 0.5) is 34.5 Å². The van der Waals surface area contributed by atoms with Gasteiger partial charge >= 0.3 is 35.6 Å². The predicted octanol–water partition coefficient (Wildman–Crippen LogP) is 10.8. The minimum absolute atomic E-state index is 0. The first-order chi connectivity index (χ1) is 24.9. The summed E-state index contributed by atoms with van der Waals surface area (Å²) >= 11 is 0. The fourth-order valence-electron chi connectivity index (χ4n) is 4.84. The fraction of sp³-hybridized carbons (Fsp3) is 0.0500. The van der Waals surface area contributed by atoms with Crippen molar-refractivity contribution in [1.29, 1.82) is 0 Å². The van der Waals surface area contributed by atoms with Crippen molar-refractivity contribution < 1.29 is 55.6 Å². The van der Waals surface area contributed by atoms with Crippen molar-refractivity contribution in [2.24, 2.45) is 0 Å². The van der Waals surface area contributed by atoms with Crippen LogP contribution >= 0.6 is 15.8 Å². The zero-order chi connectivity index (χ0) is 37.7. The van der Waals surface area contributed by atoms with Crippen LogP contribution in [0.3, 0.4) is 0 Å². The quantitative estimate of drug-likeness (QED) is 0.0988. The molecule has 0 bridgehead atoms. The summed E-state index contributed by atoms with van der Waals surface area (Å²) in [6, 6.07) is 44.2. The molecule has 0 N–H and O–H groups in total. The second-order valence-electron chi connectivity index (χ2n) is 10.8. The monoisotopic (exact) mass is 850 g/mol. The third kappa shape index (κ3) is 21.2. The van der Waals surface area contributed by atoms with E-state index in [-0.39, 0.29) is 36.9 Å². The van der Waals surface area contributed by atoms with E-state index in [0.29, 0.717) is 0 Å². The van der Waals surface area contributed by atoms with Gasteiger partial charge in [-0.25, -0.2) is 0 Å². The number of benzene rings is 4. The molecule has 3 aliphatic rings. The van der Waals surface area contributed by atoms with Gasteiger partial charge in [-0.05, 0) is 101 Å². The van der Waals surface area contributed by atoms with E-state index in [1.165, 1.54) is 45.4 Å². The SMILES string of the molecule is F[B-](F)(F)F.F[B-](F)(F)F.[CH]1[CH][CH][CH][CH]1.[CH]1[CH][C]2C=CC=C[C]2[CH]1.[Mo+4].c1ccc(P(CCP(c2ccccc2)c2ccccc2)c2ccccc2)cc1. The summed E-state index contributed by atoms with van der Waals surface area (Å²) in [4.78, 5) is 0. The van der Waals surface area contributed by atoms with Gasteiger partial charge in [-0.15, -0.1) is 0 Å². The Morgan fingerprint density at radius 2 is 0.585 bits per heavy atom. The summed E-state index contributed by atoms with van der Waals surface area (Å²) in [6.07, 6.45) is 27.1. The van der Waals surface area contributed by atoms with Crippen molar-refractivity contribution in [3.63, 3.8) is 0 Å². The number of hydrogen-bond donors (Lipinski definition) is 0. The van der Waals surface area contributed by atoms with E-state index in [0.717, 1.165) is 0 Å². The largest absolute Gasteiger partial charge is 4.00 e. The van der Waals surface area contributed by atoms with Crippen molar-refractivity contribution in [1.82, 2.24) is 0 Å². The van der Waals surface area contributed by atoms with E-state index in [1.54, 1.807) is 0 Å². The van der Waals surface area contributed by atoms with Gasteiger partial charge in [-0.2, -0.15) is 0 Å². The van der Waals surface area contributed by atoms with Gasteiger partial charge in [0.15, 0.2) is 0 Å². The molecule has 10 radical (unpaired) electrons. The molecule has 0 atom stereocenters. The zero-order valence-electron chi connectivity index (χ0n) is 28.4. The molecule has 0 aromatic heterocycles. The number of halogens is 8. The first-order valence-electron chi connectivity index (χ1n) is 16.2. The van der Waals surface area contributed by atoms with Gasteiger partial charge in [0.25, 0.3) is 0 Å². The molecule has 2 fully saturated rings. The Bertz CT molecular complexity index is 1350. The Morgan fingerprint density at radius 3 is 0.811 bits per heavy atom. The van der Waals surface area contributed by atoms with Crippen molar-refractivity contribution in [2.75, 3.05) is 12.3 Å². The standard InChI is InChI=1S/C26H24P2.C9H7.C5H5.2BF4.Mo/c1-5-13-23(14-6-1)27(24-15-7-2-8-16-24)21-22-28(25-17-9-3-10-18-25)26-19-11-4-12-20-26;1-2-5-9-7-3-6-8(9)4-1;1-2-4-5-3-1;2*2-1(3,4)5;/h1-20H,21-22H2;1-7H;1-5H;;;/q;;;2*-1;+4. The average Bonchev–Trinajstić information content (AvgIpc) is 3.87. The molecular formula is C40H36B2F8MoP2+2. The van der Waals surface area contributed by atoms with Gasteiger partial charge in [0.05, 0.1) is 0 Å². The van der Waals surface area contributed by atoms with E-state index in [9.17, 15) is 34.5 Å². The number of allylic oxidation sites excluding steroid dienone is 4. The topological polar surface area (TPSA) is 0 Å². The molecule has 0 nitrogen and oxygen atoms in total. The molecule has 53 heavy (non-hydrogen) atoms. The Hall–Kier alpha value is -2.52. The summed E-state index contributed by atoms with van der Waals surface area (Å²) in [5.74, 6) is 2.66. The van der Waals surface area contributed by atoms with E-state index in [2.05, 4.69) is 165 Å². The average molecular weight is 848 g/mol. The number of fused-ring (bicyclic) bond motifs is 1. The van der Waals surface area contributed by atoms with E-state index in [4.69, 9.17) is 0 Å². The van der Waals surface area contributed by atoms with Crippen LogP contribution in [0.15, 0.2) is 146 Å². The second-order valence-corrected chi connectivity index (χ2v) is 15.4. The first kappa shape index (κ1) is 46.6. The molecule has 0 amide bonds. The summed E-state index contributed by atoms with van der Waals surface area (Å²) in [5, 5.41) is 5.89. The third-order valence-electron chi connectivity index (χ3n) is 6.92. The first-order valence-corrected chi connectivity index (χ1v) is 19.2. The minimum Gasteiger partial charge on any atom is -0.418 e. The molecule has 4 aromatic rings. The second kappa shape index (κ2) is 25.5. The molecule has 4 aromatic carbocycles. The van der Waals surface area contributed by atoms with Gasteiger partial charge in [-0.1, -0.05) is 146 Å². The van der Waals surface area contributed by atoms with Crippen LogP contribution in [0.1, 0.15) is 0 Å². The summed E-state index contributed by atoms with van der Waals surface area (Å²) in [6.45, 7) is 0. The molecule has 3 aliphatic carbocycles. The fourth-order valence-corrected chi connectivity index (χ4v) is 10.2. The van der Waals surface area contributed by atoms with Crippen LogP contribution in [0, 0.1) is 63.2 Å². The Kier molecular flexibility index (Phi) is 22.5. The maximum absolute atomic E-state index is 9.75. The van der Waals surface area contributed by atoms with Gasteiger partial charge in [0.2, 0.25) is 0 Å². The Labute approximate surface area is 326 Å². The molecule has 13 heteroatoms. The van der Waals surface area contributed by atoms with Crippen LogP contribution in [0.2, 0.25) is 0 Å². The molecule has 7 rings (SSSR count). The van der Waals surface area contributed by atoms with Crippen LogP contribution in [-0.4, -0.2) is 26.8 Å². The Morgan fingerprint density at radius 1 is 0.358 bits per heavy atom. The van der Waals surface area contributed by atoms with Gasteiger partial charge in [0.1, 0.15) is 0 Å². The van der Waals surface area contributed by atoms with E-state index < -0.39 is 14.5 Å². The van der Waals surface area contributed by atoms with E-state index in [1.807, 2.05) is 32.1 Å². The summed E-state index contributed by atoms with van der Waals surface area (Å²) < 4.78 is 78.0. The van der Waals surface area contributed by atoms with Gasteiger partial charge in [0, 0.05) is 11.8 Å². The molecule has 2 saturated carbocycles. The molecule has 0 heterocycles. The summed E-state index contributed by atoms with van der Waals surface area (Å²) in [7, 11) is -12.7. The Balaban J connectivity index is 0.000000313. The van der Waals surface area contributed by atoms with Crippen LogP contribution in [0.5, 0.6) is 0 Å². The smallest absolute Gasteiger partial charge is 0.418 e. The maximum atomic E-state index is 9.75.